The van der Waals surface area contributed by atoms with Gasteiger partial charge in [0.1, 0.15) is 0 Å². The van der Waals surface area contributed by atoms with Gasteiger partial charge in [-0.2, -0.15) is 0 Å². The molecule has 1 aliphatic rings. The molecule has 1 N–H and O–H groups in total. The molecule has 0 unspecified atom stereocenters. The molecule has 44 valence electrons. The maximum Gasteiger partial charge on any atom is 0.338 e. The van der Waals surface area contributed by atoms with Crippen LogP contribution in [0.15, 0.2) is 0 Å². The average Bonchev–Trinajstić information content (AvgIpc) is 2.19. The molecule has 2 heteroatoms. The molecule has 1 aliphatic heterocycles. The van der Waals surface area contributed by atoms with Crippen LogP contribution in [-0.2, 0) is 0 Å². The van der Waals surface area contributed by atoms with Crippen LogP contribution in [0.1, 0.15) is 12.8 Å². The van der Waals surface area contributed by atoms with Crippen molar-refractivity contribution < 1.29 is 4.90 Å². The van der Waals surface area contributed by atoms with Crippen LogP contribution in [0.3, 0.4) is 0 Å². The fourth-order valence-electron chi connectivity index (χ4n) is 1.14. The second-order valence-corrected chi connectivity index (χ2v) is 2.27. The van der Waals surface area contributed by atoms with E-state index in [0.29, 0.717) is 6.67 Å². The predicted molar refractivity (Wildman–Crippen MR) is 31.4 cm³/mol. The van der Waals surface area contributed by atoms with E-state index in [0.717, 1.165) is 0 Å². The van der Waals surface area contributed by atoms with Gasteiger partial charge in [-0.3, -0.25) is 9.74 Å². The number of hydrogen-bond acceptors (Lipinski definition) is 0. The average molecular weight is 111 g/mol. The summed E-state index contributed by atoms with van der Waals surface area (Å²) in [6, 6.07) is 0. The summed E-state index contributed by atoms with van der Waals surface area (Å²) in [4.78, 5) is 4.80. The minimum absolute atomic E-state index is 0.694. The molecule has 0 bridgehead atoms. The fraction of sp³-hybridized carbons (Fsp3) is 0.833. The lowest BCUT2D eigenvalue weighted by Gasteiger charge is -2.00. The van der Waals surface area contributed by atoms with Crippen molar-refractivity contribution in [2.45, 2.75) is 12.8 Å². The van der Waals surface area contributed by atoms with Gasteiger partial charge in [-0.15, -0.1) is 0 Å². The molecule has 0 atom stereocenters. The van der Waals surface area contributed by atoms with Gasteiger partial charge in [0.15, 0.2) is 0 Å². The number of hydrogen-bond donors (Lipinski definition) is 1. The van der Waals surface area contributed by atoms with Gasteiger partial charge in [0.25, 0.3) is 0 Å². The number of quaternary nitrogens is 1. The normalized spacial score (nSPS) is 20.9. The molecule has 1 heterocycles. The second kappa shape index (κ2) is 2.68. The smallest absolute Gasteiger partial charge is 0.268 e. The third-order valence-electron chi connectivity index (χ3n) is 1.61. The highest BCUT2D eigenvalue weighted by molar-refractivity contribution is 4.49. The first-order chi connectivity index (χ1) is 3.93. The first kappa shape index (κ1) is 5.58. The lowest BCUT2D eigenvalue weighted by atomic mass is 10.4. The number of nitrogens with zero attached hydrogens (tertiary/aromatic N) is 1. The summed E-state index contributed by atoms with van der Waals surface area (Å²) < 4.78 is 0. The van der Waals surface area contributed by atoms with Gasteiger partial charge in [0.05, 0.1) is 13.1 Å². The highest BCUT2D eigenvalue weighted by atomic mass is 15.2. The van der Waals surface area contributed by atoms with Crippen molar-refractivity contribution in [2.75, 3.05) is 19.8 Å². The Balaban J connectivity index is 2.17. The van der Waals surface area contributed by atoms with Gasteiger partial charge in [-0.05, 0) is 0 Å². The highest BCUT2D eigenvalue weighted by Gasteiger charge is 2.15. The monoisotopic (exact) mass is 111 g/mol. The van der Waals surface area contributed by atoms with Gasteiger partial charge < -0.3 is 0 Å². The standard InChI is InChI=1S/C6H10N2/c1-7-6-8-4-2-3-5-8/h2-6H2/p+1. The highest BCUT2D eigenvalue weighted by Crippen LogP contribution is 1.86. The molecule has 1 saturated heterocycles. The zero-order valence-corrected chi connectivity index (χ0v) is 4.98. The maximum absolute atomic E-state index is 6.57. The summed E-state index contributed by atoms with van der Waals surface area (Å²) in [5, 5.41) is 0. The van der Waals surface area contributed by atoms with E-state index < -0.39 is 0 Å². The van der Waals surface area contributed by atoms with Crippen LogP contribution in [0, 0.1) is 6.57 Å². The molecule has 0 aromatic carbocycles. The zero-order chi connectivity index (χ0) is 5.82. The van der Waals surface area contributed by atoms with Gasteiger partial charge in [-0.25, -0.2) is 6.57 Å². The lowest BCUT2D eigenvalue weighted by molar-refractivity contribution is -0.881. The van der Waals surface area contributed by atoms with Crippen molar-refractivity contribution in [2.24, 2.45) is 0 Å². The predicted octanol–water partition coefficient (Wildman–Crippen LogP) is -0.458. The van der Waals surface area contributed by atoms with Gasteiger partial charge in [0, 0.05) is 12.8 Å². The largest absolute Gasteiger partial charge is 0.338 e. The van der Waals surface area contributed by atoms with Crippen LogP contribution in [0.25, 0.3) is 4.85 Å². The van der Waals surface area contributed by atoms with Gasteiger partial charge in [0.2, 0.25) is 0 Å². The SMILES string of the molecule is [C-]#[N+]C[NH+]1CCCC1. The van der Waals surface area contributed by atoms with Crippen molar-refractivity contribution in [3.05, 3.63) is 11.4 Å². The first-order valence-corrected chi connectivity index (χ1v) is 3.10. The Morgan fingerprint density at radius 1 is 1.38 bits per heavy atom. The molecule has 8 heavy (non-hydrogen) atoms. The topological polar surface area (TPSA) is 8.80 Å². The van der Waals surface area contributed by atoms with Crippen molar-refractivity contribution in [3.63, 3.8) is 0 Å². The Labute approximate surface area is 49.9 Å². The number of rotatable bonds is 1. The summed E-state index contributed by atoms with van der Waals surface area (Å²) in [6.07, 6.45) is 2.65. The van der Waals surface area contributed by atoms with Crippen molar-refractivity contribution in [3.8, 4) is 0 Å². The van der Waals surface area contributed by atoms with E-state index in [1.54, 1.807) is 0 Å². The van der Waals surface area contributed by atoms with Crippen molar-refractivity contribution in [1.29, 1.82) is 0 Å². The van der Waals surface area contributed by atoms with Crippen LogP contribution in [0.5, 0.6) is 0 Å². The summed E-state index contributed by atoms with van der Waals surface area (Å²) in [6.45, 7) is 9.72. The van der Waals surface area contributed by atoms with E-state index in [1.807, 2.05) is 0 Å². The molecule has 2 nitrogen and oxygen atoms in total. The third kappa shape index (κ3) is 1.21. The van der Waals surface area contributed by atoms with E-state index >= 15 is 0 Å². The quantitative estimate of drug-likeness (QED) is 0.438. The minimum atomic E-state index is 0.694. The summed E-state index contributed by atoms with van der Waals surface area (Å²) in [5.41, 5.74) is 0. The molecular weight excluding hydrogens is 100 g/mol. The molecule has 0 aliphatic carbocycles. The summed E-state index contributed by atoms with van der Waals surface area (Å²) in [7, 11) is 0. The third-order valence-corrected chi connectivity index (χ3v) is 1.61. The molecule has 0 aromatic heterocycles. The van der Waals surface area contributed by atoms with Gasteiger partial charge in [-0.1, -0.05) is 0 Å². The molecule has 0 saturated carbocycles. The minimum Gasteiger partial charge on any atom is -0.268 e. The maximum atomic E-state index is 6.57. The van der Waals surface area contributed by atoms with Crippen LogP contribution in [0.4, 0.5) is 0 Å². The summed E-state index contributed by atoms with van der Waals surface area (Å²) >= 11 is 0. The number of likely N-dealkylation sites (tertiary alicyclic amines) is 1. The Hall–Kier alpha value is -0.550. The molecular formula is C6H11N2+. The molecule has 0 spiro atoms. The van der Waals surface area contributed by atoms with E-state index in [2.05, 4.69) is 4.85 Å². The van der Waals surface area contributed by atoms with E-state index in [-0.39, 0.29) is 0 Å². The first-order valence-electron chi connectivity index (χ1n) is 3.10. The summed E-state index contributed by atoms with van der Waals surface area (Å²) in [5.74, 6) is 0. The van der Waals surface area contributed by atoms with Crippen molar-refractivity contribution >= 4 is 0 Å². The van der Waals surface area contributed by atoms with E-state index in [4.69, 9.17) is 6.57 Å². The fourth-order valence-corrected chi connectivity index (χ4v) is 1.14. The van der Waals surface area contributed by atoms with E-state index in [1.165, 1.54) is 30.8 Å². The molecule has 0 amide bonds. The molecule has 1 fully saturated rings. The lowest BCUT2D eigenvalue weighted by Crippen LogP contribution is -3.09. The van der Waals surface area contributed by atoms with Crippen LogP contribution in [-0.4, -0.2) is 19.8 Å². The van der Waals surface area contributed by atoms with Crippen LogP contribution < -0.4 is 4.90 Å². The van der Waals surface area contributed by atoms with Crippen LogP contribution >= 0.6 is 0 Å². The molecule has 0 aromatic rings. The zero-order valence-electron chi connectivity index (χ0n) is 4.98. The number of nitrogens with one attached hydrogen (secondary N) is 1. The Bertz CT molecular complexity index is 97.6. The van der Waals surface area contributed by atoms with Gasteiger partial charge >= 0.3 is 6.67 Å². The molecule has 0 radical (unpaired) electrons. The Morgan fingerprint density at radius 2 is 2.00 bits per heavy atom. The van der Waals surface area contributed by atoms with Crippen LogP contribution in [0.2, 0.25) is 0 Å². The van der Waals surface area contributed by atoms with Crippen molar-refractivity contribution in [1.82, 2.24) is 0 Å². The Kier molecular flexibility index (Phi) is 1.87. The second-order valence-electron chi connectivity index (χ2n) is 2.27. The molecule has 1 rings (SSSR count). The Morgan fingerprint density at radius 3 is 2.50 bits per heavy atom. The van der Waals surface area contributed by atoms with E-state index in [9.17, 15) is 0 Å².